The summed E-state index contributed by atoms with van der Waals surface area (Å²) in [5, 5.41) is 0.764. The number of nitrogens with zero attached hydrogens (tertiary/aromatic N) is 2. The molecule has 1 aliphatic heterocycles. The van der Waals surface area contributed by atoms with Crippen LogP contribution >= 0.6 is 11.8 Å². The van der Waals surface area contributed by atoms with Crippen molar-refractivity contribution in [1.29, 1.82) is 0 Å². The first-order valence-electron chi connectivity index (χ1n) is 8.59. The van der Waals surface area contributed by atoms with Crippen LogP contribution in [0, 0.1) is 0 Å². The Balaban J connectivity index is 1.56. The number of amides is 2. The third kappa shape index (κ3) is 3.71. The maximum Gasteiger partial charge on any atom is 0.253 e. The molecule has 0 radical (unpaired) electrons. The van der Waals surface area contributed by atoms with Crippen LogP contribution in [0.4, 0.5) is 0 Å². The minimum Gasteiger partial charge on any atom is -0.332 e. The second-order valence-corrected chi connectivity index (χ2v) is 7.09. The van der Waals surface area contributed by atoms with Gasteiger partial charge in [0.15, 0.2) is 5.16 Å². The maximum atomic E-state index is 11.6. The number of imidazole rings is 1. The normalized spacial score (nSPS) is 13.6. The number of carbonyl (C=O) groups excluding carboxylic acids is 2. The number of carbonyl (C=O) groups is 2. The third-order valence-corrected chi connectivity index (χ3v) is 5.10. The second-order valence-electron chi connectivity index (χ2n) is 6.01. The standard InChI is InChI=1S/C21H17N3O2S/c25-17-11-12-18(26)24(17)13-14-27-21-22-19(15-7-3-1-4-8-15)20(23-21)16-9-5-2-6-10-16/h1-12H,13-14H2,(H,22,23). The molecule has 0 fully saturated rings. The SMILES string of the molecule is O=C1C=CC(=O)N1CCSc1nc(-c2ccccc2)c(-c2ccccc2)[nH]1. The number of nitrogens with one attached hydrogen (secondary N) is 1. The first-order chi connectivity index (χ1) is 13.2. The van der Waals surface area contributed by atoms with E-state index in [0.717, 1.165) is 27.7 Å². The van der Waals surface area contributed by atoms with Gasteiger partial charge in [-0.2, -0.15) is 0 Å². The van der Waals surface area contributed by atoms with Crippen molar-refractivity contribution in [2.24, 2.45) is 0 Å². The maximum absolute atomic E-state index is 11.6. The first-order valence-corrected chi connectivity index (χ1v) is 9.58. The average molecular weight is 375 g/mol. The molecule has 3 aromatic rings. The summed E-state index contributed by atoms with van der Waals surface area (Å²) in [5.41, 5.74) is 3.94. The molecule has 0 spiro atoms. The quantitative estimate of drug-likeness (QED) is 0.526. The van der Waals surface area contributed by atoms with E-state index >= 15 is 0 Å². The first kappa shape index (κ1) is 17.3. The van der Waals surface area contributed by atoms with Crippen LogP contribution < -0.4 is 0 Å². The Bertz CT molecular complexity index is 922. The predicted octanol–water partition coefficient (Wildman–Crippen LogP) is 3.76. The van der Waals surface area contributed by atoms with Crippen molar-refractivity contribution in [1.82, 2.24) is 14.9 Å². The van der Waals surface area contributed by atoms with Gasteiger partial charge in [0, 0.05) is 35.6 Å². The number of imide groups is 1. The van der Waals surface area contributed by atoms with Crippen molar-refractivity contribution < 1.29 is 9.59 Å². The lowest BCUT2D eigenvalue weighted by atomic mass is 10.1. The number of thioether (sulfide) groups is 1. The van der Waals surface area contributed by atoms with Gasteiger partial charge in [0.1, 0.15) is 0 Å². The van der Waals surface area contributed by atoms with Gasteiger partial charge in [-0.3, -0.25) is 14.5 Å². The van der Waals surface area contributed by atoms with E-state index in [1.807, 2.05) is 60.7 Å². The van der Waals surface area contributed by atoms with Crippen molar-refractivity contribution in [3.8, 4) is 22.5 Å². The Labute approximate surface area is 161 Å². The minimum absolute atomic E-state index is 0.255. The van der Waals surface area contributed by atoms with E-state index < -0.39 is 0 Å². The van der Waals surface area contributed by atoms with Crippen LogP contribution in [0.5, 0.6) is 0 Å². The summed E-state index contributed by atoms with van der Waals surface area (Å²) in [6.07, 6.45) is 2.61. The fraction of sp³-hybridized carbons (Fsp3) is 0.0952. The predicted molar refractivity (Wildman–Crippen MR) is 106 cm³/mol. The van der Waals surface area contributed by atoms with Gasteiger partial charge >= 0.3 is 0 Å². The molecular weight excluding hydrogens is 358 g/mol. The molecular formula is C21H17N3O2S. The fourth-order valence-corrected chi connectivity index (χ4v) is 3.72. The molecule has 6 heteroatoms. The summed E-state index contributed by atoms with van der Waals surface area (Å²) in [7, 11) is 0. The summed E-state index contributed by atoms with van der Waals surface area (Å²) < 4.78 is 0. The average Bonchev–Trinajstić information content (AvgIpc) is 3.28. The van der Waals surface area contributed by atoms with Gasteiger partial charge in [-0.15, -0.1) is 0 Å². The van der Waals surface area contributed by atoms with E-state index in [1.165, 1.54) is 28.8 Å². The van der Waals surface area contributed by atoms with Gasteiger partial charge in [0.25, 0.3) is 11.8 Å². The second kappa shape index (κ2) is 7.63. The van der Waals surface area contributed by atoms with Crippen LogP contribution in [-0.4, -0.2) is 39.0 Å². The summed E-state index contributed by atoms with van der Waals surface area (Å²) in [6.45, 7) is 0.359. The summed E-state index contributed by atoms with van der Waals surface area (Å²) in [4.78, 5) is 32.7. The highest BCUT2D eigenvalue weighted by Crippen LogP contribution is 2.32. The van der Waals surface area contributed by atoms with E-state index in [1.54, 1.807) is 0 Å². The molecule has 1 N–H and O–H groups in total. The van der Waals surface area contributed by atoms with Crippen LogP contribution in [0.3, 0.4) is 0 Å². The monoisotopic (exact) mass is 375 g/mol. The number of benzene rings is 2. The number of H-pyrrole nitrogens is 1. The molecule has 2 aromatic carbocycles. The largest absolute Gasteiger partial charge is 0.332 e. The number of hydrogen-bond acceptors (Lipinski definition) is 4. The molecule has 0 atom stereocenters. The molecule has 5 nitrogen and oxygen atoms in total. The Hall–Kier alpha value is -3.12. The zero-order chi connectivity index (χ0) is 18.6. The minimum atomic E-state index is -0.255. The Morgan fingerprint density at radius 1 is 0.852 bits per heavy atom. The molecule has 0 unspecified atom stereocenters. The Morgan fingerprint density at radius 2 is 1.44 bits per heavy atom. The van der Waals surface area contributed by atoms with Crippen molar-refractivity contribution in [2.45, 2.75) is 5.16 Å². The molecule has 27 heavy (non-hydrogen) atoms. The Morgan fingerprint density at radius 3 is 2.07 bits per heavy atom. The number of hydrogen-bond donors (Lipinski definition) is 1. The van der Waals surface area contributed by atoms with Crippen molar-refractivity contribution in [3.05, 3.63) is 72.8 Å². The molecule has 0 aliphatic carbocycles. The smallest absolute Gasteiger partial charge is 0.253 e. The van der Waals surface area contributed by atoms with E-state index in [9.17, 15) is 9.59 Å². The van der Waals surface area contributed by atoms with Crippen molar-refractivity contribution in [2.75, 3.05) is 12.3 Å². The van der Waals surface area contributed by atoms with Gasteiger partial charge in [-0.1, -0.05) is 72.4 Å². The highest BCUT2D eigenvalue weighted by atomic mass is 32.2. The summed E-state index contributed by atoms with van der Waals surface area (Å²) in [5.74, 6) is 0.0692. The number of rotatable bonds is 6. The lowest BCUT2D eigenvalue weighted by molar-refractivity contribution is -0.136. The van der Waals surface area contributed by atoms with Crippen LogP contribution in [-0.2, 0) is 9.59 Å². The number of aromatic nitrogens is 2. The highest BCUT2D eigenvalue weighted by molar-refractivity contribution is 7.99. The Kier molecular flexibility index (Phi) is 4.89. The number of aromatic amines is 1. The third-order valence-electron chi connectivity index (χ3n) is 4.25. The van der Waals surface area contributed by atoms with E-state index in [2.05, 4.69) is 4.98 Å². The fourth-order valence-electron chi connectivity index (χ4n) is 2.92. The van der Waals surface area contributed by atoms with Gasteiger partial charge in [0.05, 0.1) is 11.4 Å². The topological polar surface area (TPSA) is 66.1 Å². The van der Waals surface area contributed by atoms with E-state index in [0.29, 0.717) is 12.3 Å². The molecule has 0 saturated carbocycles. The molecule has 0 saturated heterocycles. The zero-order valence-electron chi connectivity index (χ0n) is 14.5. The molecule has 2 amide bonds. The molecule has 1 aliphatic rings. The van der Waals surface area contributed by atoms with Crippen LogP contribution in [0.25, 0.3) is 22.5 Å². The van der Waals surface area contributed by atoms with Crippen LogP contribution in [0.2, 0.25) is 0 Å². The van der Waals surface area contributed by atoms with E-state index in [-0.39, 0.29) is 11.8 Å². The molecule has 1 aromatic heterocycles. The van der Waals surface area contributed by atoms with Gasteiger partial charge < -0.3 is 4.98 Å². The molecule has 0 bridgehead atoms. The molecule has 134 valence electrons. The van der Waals surface area contributed by atoms with E-state index in [4.69, 9.17) is 4.98 Å². The molecule has 2 heterocycles. The summed E-state index contributed by atoms with van der Waals surface area (Å²) >= 11 is 1.50. The lowest BCUT2D eigenvalue weighted by Crippen LogP contribution is -2.31. The zero-order valence-corrected chi connectivity index (χ0v) is 15.3. The van der Waals surface area contributed by atoms with Gasteiger partial charge in [0.2, 0.25) is 0 Å². The van der Waals surface area contributed by atoms with Gasteiger partial charge in [-0.05, 0) is 0 Å². The lowest BCUT2D eigenvalue weighted by Gasteiger charge is -2.12. The van der Waals surface area contributed by atoms with Crippen LogP contribution in [0.15, 0.2) is 78.0 Å². The van der Waals surface area contributed by atoms with Crippen molar-refractivity contribution in [3.63, 3.8) is 0 Å². The summed E-state index contributed by atoms with van der Waals surface area (Å²) in [6, 6.07) is 20.1. The highest BCUT2D eigenvalue weighted by Gasteiger charge is 2.23. The molecule has 4 rings (SSSR count). The van der Waals surface area contributed by atoms with Gasteiger partial charge in [-0.25, -0.2) is 4.98 Å². The van der Waals surface area contributed by atoms with Crippen LogP contribution in [0.1, 0.15) is 0 Å². The van der Waals surface area contributed by atoms with Crippen molar-refractivity contribution >= 4 is 23.6 Å².